The number of hydrogen-bond acceptors (Lipinski definition) is 7. The van der Waals surface area contributed by atoms with Crippen molar-refractivity contribution in [3.05, 3.63) is 59.7 Å². The molecule has 4 rings (SSSR count). The van der Waals surface area contributed by atoms with Gasteiger partial charge in [0.1, 0.15) is 11.8 Å². The van der Waals surface area contributed by atoms with Crippen molar-refractivity contribution in [3.8, 4) is 5.75 Å². The average molecular weight is 451 g/mol. The number of carbonyl (C=O) groups excluding carboxylic acids is 2. The van der Waals surface area contributed by atoms with Crippen LogP contribution in [0.1, 0.15) is 24.1 Å². The molecule has 0 radical (unpaired) electrons. The van der Waals surface area contributed by atoms with E-state index in [9.17, 15) is 9.59 Å². The van der Waals surface area contributed by atoms with Crippen LogP contribution in [0.3, 0.4) is 0 Å². The van der Waals surface area contributed by atoms with E-state index >= 15 is 0 Å². The number of ether oxygens (including phenoxy) is 2. The lowest BCUT2D eigenvalue weighted by molar-refractivity contribution is -0.153. The number of guanidine groups is 1. The van der Waals surface area contributed by atoms with E-state index in [0.29, 0.717) is 19.0 Å². The highest BCUT2D eigenvalue weighted by atomic mass is 16.5. The van der Waals surface area contributed by atoms with Gasteiger partial charge >= 0.3 is 5.97 Å². The number of esters is 1. The molecule has 2 atom stereocenters. The summed E-state index contributed by atoms with van der Waals surface area (Å²) in [6.07, 6.45) is 0. The third-order valence-electron chi connectivity index (χ3n) is 6.02. The zero-order valence-electron chi connectivity index (χ0n) is 19.3. The van der Waals surface area contributed by atoms with Crippen molar-refractivity contribution in [2.24, 2.45) is 10.9 Å². The maximum Gasteiger partial charge on any atom is 0.321 e. The molecule has 2 aromatic carbocycles. The summed E-state index contributed by atoms with van der Waals surface area (Å²) in [7, 11) is 1.67. The van der Waals surface area contributed by atoms with Crippen LogP contribution in [-0.2, 0) is 14.3 Å². The molecule has 0 bridgehead atoms. The van der Waals surface area contributed by atoms with Gasteiger partial charge in [0, 0.05) is 26.2 Å². The van der Waals surface area contributed by atoms with Crippen molar-refractivity contribution < 1.29 is 19.1 Å². The third-order valence-corrected chi connectivity index (χ3v) is 6.02. The van der Waals surface area contributed by atoms with Gasteiger partial charge < -0.3 is 19.3 Å². The molecule has 174 valence electrons. The lowest BCUT2D eigenvalue weighted by Gasteiger charge is -2.40. The first-order valence-electron chi connectivity index (χ1n) is 11.3. The highest BCUT2D eigenvalue weighted by Gasteiger charge is 2.42. The van der Waals surface area contributed by atoms with Gasteiger partial charge in [-0.05, 0) is 31.5 Å². The Hall–Kier alpha value is -3.55. The van der Waals surface area contributed by atoms with Gasteiger partial charge in [-0.15, -0.1) is 0 Å². The van der Waals surface area contributed by atoms with E-state index in [1.807, 2.05) is 55.5 Å². The standard InChI is InChI=1S/C25H30N4O4/c1-4-33-24(31)21-22(18-9-7-8-17(2)16-18)26-25(27-23(21)30)29-14-12-28(13-15-29)19-10-5-6-11-20(19)32-3/h5-11,16,21-22H,4,12-15H2,1-3H3,(H,26,27,30)/t21-,22-/m1/s1. The van der Waals surface area contributed by atoms with Gasteiger partial charge in [-0.1, -0.05) is 42.0 Å². The second kappa shape index (κ2) is 9.94. The molecule has 1 fully saturated rings. The van der Waals surface area contributed by atoms with E-state index in [-0.39, 0.29) is 12.5 Å². The zero-order chi connectivity index (χ0) is 23.4. The van der Waals surface area contributed by atoms with E-state index in [4.69, 9.17) is 14.5 Å². The number of piperazine rings is 1. The maximum atomic E-state index is 13.1. The lowest BCUT2D eigenvalue weighted by Crippen LogP contribution is -2.57. The van der Waals surface area contributed by atoms with Crippen LogP contribution in [0.15, 0.2) is 53.5 Å². The van der Waals surface area contributed by atoms with Crippen molar-refractivity contribution in [2.75, 3.05) is 44.8 Å². The Morgan fingerprint density at radius 2 is 1.82 bits per heavy atom. The monoisotopic (exact) mass is 450 g/mol. The maximum absolute atomic E-state index is 13.1. The minimum Gasteiger partial charge on any atom is -0.495 e. The van der Waals surface area contributed by atoms with Gasteiger partial charge in [-0.3, -0.25) is 14.9 Å². The molecular weight excluding hydrogens is 420 g/mol. The summed E-state index contributed by atoms with van der Waals surface area (Å²) in [4.78, 5) is 34.9. The molecule has 0 aromatic heterocycles. The number of anilines is 1. The Morgan fingerprint density at radius 3 is 2.52 bits per heavy atom. The Morgan fingerprint density at radius 1 is 1.09 bits per heavy atom. The first-order chi connectivity index (χ1) is 16.0. The summed E-state index contributed by atoms with van der Waals surface area (Å²) < 4.78 is 10.7. The zero-order valence-corrected chi connectivity index (χ0v) is 19.3. The molecule has 1 N–H and O–H groups in total. The van der Waals surface area contributed by atoms with Crippen LogP contribution in [0.5, 0.6) is 5.75 Å². The van der Waals surface area contributed by atoms with Crippen molar-refractivity contribution >= 4 is 23.5 Å². The van der Waals surface area contributed by atoms with E-state index in [0.717, 1.165) is 35.7 Å². The fraction of sp³-hybridized carbons (Fsp3) is 0.400. The molecule has 2 heterocycles. The van der Waals surface area contributed by atoms with Gasteiger partial charge in [-0.25, -0.2) is 4.99 Å². The average Bonchev–Trinajstić information content (AvgIpc) is 2.83. The van der Waals surface area contributed by atoms with E-state index in [1.54, 1.807) is 14.0 Å². The minimum absolute atomic E-state index is 0.213. The number of aryl methyl sites for hydroxylation is 1. The number of amides is 1. The van der Waals surface area contributed by atoms with Gasteiger partial charge in [0.2, 0.25) is 11.9 Å². The Balaban J connectivity index is 1.57. The first kappa shape index (κ1) is 22.6. The third kappa shape index (κ3) is 4.79. The van der Waals surface area contributed by atoms with Crippen molar-refractivity contribution in [3.63, 3.8) is 0 Å². The normalized spacial score (nSPS) is 20.7. The molecule has 2 aliphatic rings. The van der Waals surface area contributed by atoms with Crippen molar-refractivity contribution in [2.45, 2.75) is 19.9 Å². The lowest BCUT2D eigenvalue weighted by atomic mass is 9.90. The van der Waals surface area contributed by atoms with Crippen LogP contribution in [0.4, 0.5) is 5.69 Å². The molecule has 1 amide bonds. The molecule has 2 aliphatic heterocycles. The Labute approximate surface area is 194 Å². The van der Waals surface area contributed by atoms with E-state index in [1.165, 1.54) is 0 Å². The number of nitrogens with zero attached hydrogens (tertiary/aromatic N) is 3. The molecule has 33 heavy (non-hydrogen) atoms. The van der Waals surface area contributed by atoms with Crippen LogP contribution in [0.25, 0.3) is 0 Å². The number of para-hydroxylation sites is 2. The smallest absolute Gasteiger partial charge is 0.321 e. The summed E-state index contributed by atoms with van der Waals surface area (Å²) in [6.45, 7) is 6.80. The molecule has 0 spiro atoms. The van der Waals surface area contributed by atoms with Crippen molar-refractivity contribution in [1.29, 1.82) is 0 Å². The molecule has 0 unspecified atom stereocenters. The SMILES string of the molecule is CCOC(=O)[C@H]1C(=O)NC(N2CCN(c3ccccc3OC)CC2)=N[C@@H]1c1cccc(C)c1. The predicted octanol–water partition coefficient (Wildman–Crippen LogP) is 2.53. The van der Waals surface area contributed by atoms with Gasteiger partial charge in [-0.2, -0.15) is 0 Å². The van der Waals surface area contributed by atoms with Crippen LogP contribution in [-0.4, -0.2) is 62.6 Å². The number of nitrogens with one attached hydrogen (secondary N) is 1. The first-order valence-corrected chi connectivity index (χ1v) is 11.3. The Bertz CT molecular complexity index is 1050. The number of carbonyl (C=O) groups is 2. The predicted molar refractivity (Wildman–Crippen MR) is 126 cm³/mol. The van der Waals surface area contributed by atoms with Crippen LogP contribution in [0.2, 0.25) is 0 Å². The summed E-state index contributed by atoms with van der Waals surface area (Å²) in [5.74, 6) is -0.592. The second-order valence-electron chi connectivity index (χ2n) is 8.18. The number of aliphatic imine (C=N–C) groups is 1. The van der Waals surface area contributed by atoms with Crippen LogP contribution >= 0.6 is 0 Å². The summed E-state index contributed by atoms with van der Waals surface area (Å²) >= 11 is 0. The number of hydrogen-bond donors (Lipinski definition) is 1. The fourth-order valence-corrected chi connectivity index (χ4v) is 4.37. The van der Waals surface area contributed by atoms with Crippen molar-refractivity contribution in [1.82, 2.24) is 10.2 Å². The topological polar surface area (TPSA) is 83.5 Å². The summed E-state index contributed by atoms with van der Waals surface area (Å²) in [5.41, 5.74) is 2.92. The number of methoxy groups -OCH3 is 1. The molecular formula is C25H30N4O4. The van der Waals surface area contributed by atoms with Gasteiger partial charge in [0.05, 0.1) is 19.4 Å². The Kier molecular flexibility index (Phi) is 6.82. The van der Waals surface area contributed by atoms with E-state index in [2.05, 4.69) is 15.1 Å². The number of benzene rings is 2. The van der Waals surface area contributed by atoms with Crippen LogP contribution < -0.4 is 15.0 Å². The van der Waals surface area contributed by atoms with Crippen LogP contribution in [0, 0.1) is 12.8 Å². The molecule has 0 aliphatic carbocycles. The minimum atomic E-state index is -1.01. The summed E-state index contributed by atoms with van der Waals surface area (Å²) in [5, 5.41) is 2.86. The molecule has 8 heteroatoms. The quantitative estimate of drug-likeness (QED) is 0.557. The molecule has 8 nitrogen and oxygen atoms in total. The summed E-state index contributed by atoms with van der Waals surface area (Å²) in [6, 6.07) is 15.1. The van der Waals surface area contributed by atoms with Gasteiger partial charge in [0.15, 0.2) is 5.92 Å². The molecule has 1 saturated heterocycles. The second-order valence-corrected chi connectivity index (χ2v) is 8.18. The highest BCUT2D eigenvalue weighted by Crippen LogP contribution is 2.32. The largest absolute Gasteiger partial charge is 0.495 e. The van der Waals surface area contributed by atoms with Gasteiger partial charge in [0.25, 0.3) is 0 Å². The van der Waals surface area contributed by atoms with E-state index < -0.39 is 17.9 Å². The fourth-order valence-electron chi connectivity index (χ4n) is 4.37. The highest BCUT2D eigenvalue weighted by molar-refractivity contribution is 6.08. The number of rotatable bonds is 5. The molecule has 0 saturated carbocycles. The molecule has 2 aromatic rings.